The topological polar surface area (TPSA) is 84.0 Å². The predicted octanol–water partition coefficient (Wildman–Crippen LogP) is 2.97. The molecule has 2 N–H and O–H groups in total. The van der Waals surface area contributed by atoms with Gasteiger partial charge in [0.1, 0.15) is 5.69 Å². The maximum Gasteiger partial charge on any atom is 0.270 e. The number of carbonyl (C=O) groups excluding carboxylic acids is 2. The number of carbonyl (C=O) groups is 2. The van der Waals surface area contributed by atoms with Gasteiger partial charge in [-0.25, -0.2) is 0 Å². The average molecular weight is 346 g/mol. The molecule has 0 bridgehead atoms. The van der Waals surface area contributed by atoms with Crippen LogP contribution in [0.3, 0.4) is 0 Å². The summed E-state index contributed by atoms with van der Waals surface area (Å²) in [6, 6.07) is 16.0. The lowest BCUT2D eigenvalue weighted by molar-refractivity contribution is 0.0945. The van der Waals surface area contributed by atoms with Gasteiger partial charge in [0.05, 0.1) is 12.2 Å². The van der Waals surface area contributed by atoms with E-state index in [1.807, 2.05) is 49.4 Å². The molecule has 3 rings (SSSR count). The maximum atomic E-state index is 12.4. The number of hydrogen-bond donors (Lipinski definition) is 2. The van der Waals surface area contributed by atoms with E-state index in [2.05, 4.69) is 20.6 Å². The van der Waals surface area contributed by atoms with E-state index in [1.54, 1.807) is 12.3 Å². The maximum absolute atomic E-state index is 12.4. The molecule has 2 aromatic heterocycles. The molecule has 0 fully saturated rings. The molecule has 6 heteroatoms. The van der Waals surface area contributed by atoms with Crippen molar-refractivity contribution in [2.45, 2.75) is 13.5 Å². The fraction of sp³-hybridized carbons (Fsp3) is 0.100. The zero-order chi connectivity index (χ0) is 18.4. The Morgan fingerprint density at radius 3 is 2.50 bits per heavy atom. The third-order valence-electron chi connectivity index (χ3n) is 3.80. The van der Waals surface area contributed by atoms with Crippen molar-refractivity contribution < 1.29 is 9.59 Å². The van der Waals surface area contributed by atoms with Crippen LogP contribution in [0.25, 0.3) is 0 Å². The Kier molecular flexibility index (Phi) is 5.34. The average Bonchev–Trinajstić information content (AvgIpc) is 2.69. The number of amides is 2. The Morgan fingerprint density at radius 1 is 0.923 bits per heavy atom. The van der Waals surface area contributed by atoms with Crippen molar-refractivity contribution in [3.05, 3.63) is 89.5 Å². The third-order valence-corrected chi connectivity index (χ3v) is 3.80. The Morgan fingerprint density at radius 2 is 1.73 bits per heavy atom. The Labute approximate surface area is 151 Å². The molecule has 6 nitrogen and oxygen atoms in total. The van der Waals surface area contributed by atoms with E-state index in [0.717, 1.165) is 16.9 Å². The SMILES string of the molecule is Cc1ccccc1NC(=O)c1ccnc(C(=O)NCc2ccccn2)c1. The lowest BCUT2D eigenvalue weighted by Gasteiger charge is -2.09. The second-order valence-corrected chi connectivity index (χ2v) is 5.70. The van der Waals surface area contributed by atoms with Gasteiger partial charge in [-0.3, -0.25) is 19.6 Å². The molecule has 3 aromatic rings. The number of aryl methyl sites for hydroxylation is 1. The van der Waals surface area contributed by atoms with Crippen LogP contribution in [0.1, 0.15) is 32.1 Å². The molecule has 0 unspecified atom stereocenters. The second kappa shape index (κ2) is 8.02. The van der Waals surface area contributed by atoms with E-state index in [1.165, 1.54) is 12.3 Å². The lowest BCUT2D eigenvalue weighted by atomic mass is 10.1. The summed E-state index contributed by atoms with van der Waals surface area (Å²) in [5.74, 6) is -0.651. The van der Waals surface area contributed by atoms with Crippen LogP contribution in [-0.4, -0.2) is 21.8 Å². The number of aromatic nitrogens is 2. The number of rotatable bonds is 5. The first kappa shape index (κ1) is 17.3. The second-order valence-electron chi connectivity index (χ2n) is 5.70. The van der Waals surface area contributed by atoms with Crippen molar-refractivity contribution in [1.29, 1.82) is 0 Å². The molecule has 2 heterocycles. The predicted molar refractivity (Wildman–Crippen MR) is 98.8 cm³/mol. The molecule has 0 aliphatic rings. The minimum atomic E-state index is -0.360. The largest absolute Gasteiger partial charge is 0.345 e. The molecule has 0 aliphatic carbocycles. The first-order chi connectivity index (χ1) is 12.6. The zero-order valence-corrected chi connectivity index (χ0v) is 14.3. The highest BCUT2D eigenvalue weighted by molar-refractivity contribution is 6.06. The molecule has 0 aliphatic heterocycles. The van der Waals surface area contributed by atoms with Gasteiger partial charge in [-0.15, -0.1) is 0 Å². The number of pyridine rings is 2. The summed E-state index contributed by atoms with van der Waals surface area (Å²) in [5.41, 5.74) is 2.98. The highest BCUT2D eigenvalue weighted by atomic mass is 16.2. The van der Waals surface area contributed by atoms with Crippen LogP contribution in [-0.2, 0) is 6.54 Å². The van der Waals surface area contributed by atoms with Crippen molar-refractivity contribution >= 4 is 17.5 Å². The first-order valence-corrected chi connectivity index (χ1v) is 8.14. The summed E-state index contributed by atoms with van der Waals surface area (Å²) >= 11 is 0. The van der Waals surface area contributed by atoms with E-state index in [-0.39, 0.29) is 17.5 Å². The third kappa shape index (κ3) is 4.30. The smallest absolute Gasteiger partial charge is 0.270 e. The number of nitrogens with zero attached hydrogens (tertiary/aromatic N) is 2. The molecule has 0 radical (unpaired) electrons. The molecule has 0 saturated heterocycles. The fourth-order valence-corrected chi connectivity index (χ4v) is 2.37. The molecule has 0 atom stereocenters. The lowest BCUT2D eigenvalue weighted by Crippen LogP contribution is -2.25. The fourth-order valence-electron chi connectivity index (χ4n) is 2.37. The van der Waals surface area contributed by atoms with Gasteiger partial charge in [0.2, 0.25) is 0 Å². The Balaban J connectivity index is 1.68. The number of anilines is 1. The van der Waals surface area contributed by atoms with Crippen LogP contribution in [0.5, 0.6) is 0 Å². The molecule has 0 saturated carbocycles. The summed E-state index contributed by atoms with van der Waals surface area (Å²) in [6.45, 7) is 2.21. The van der Waals surface area contributed by atoms with Crippen molar-refractivity contribution in [1.82, 2.24) is 15.3 Å². The van der Waals surface area contributed by atoms with E-state index in [9.17, 15) is 9.59 Å². The molecule has 2 amide bonds. The normalized spacial score (nSPS) is 10.2. The van der Waals surface area contributed by atoms with E-state index >= 15 is 0 Å². The highest BCUT2D eigenvalue weighted by Crippen LogP contribution is 2.15. The van der Waals surface area contributed by atoms with E-state index < -0.39 is 0 Å². The van der Waals surface area contributed by atoms with Gasteiger partial charge in [-0.05, 0) is 42.8 Å². The number of para-hydroxylation sites is 1. The molecule has 1 aromatic carbocycles. The molecular weight excluding hydrogens is 328 g/mol. The summed E-state index contributed by atoms with van der Waals surface area (Å²) in [7, 11) is 0. The minimum Gasteiger partial charge on any atom is -0.345 e. The molecule has 0 spiro atoms. The molecule has 26 heavy (non-hydrogen) atoms. The van der Waals surface area contributed by atoms with Crippen molar-refractivity contribution in [2.75, 3.05) is 5.32 Å². The number of nitrogens with one attached hydrogen (secondary N) is 2. The minimum absolute atomic E-state index is 0.179. The van der Waals surface area contributed by atoms with Gasteiger partial charge in [0.15, 0.2) is 0 Å². The molecular formula is C20H18N4O2. The van der Waals surface area contributed by atoms with Crippen LogP contribution in [0, 0.1) is 6.92 Å². The van der Waals surface area contributed by atoms with Crippen molar-refractivity contribution in [2.24, 2.45) is 0 Å². The van der Waals surface area contributed by atoms with Gasteiger partial charge in [-0.2, -0.15) is 0 Å². The van der Waals surface area contributed by atoms with Crippen LogP contribution in [0.4, 0.5) is 5.69 Å². The van der Waals surface area contributed by atoms with Crippen LogP contribution < -0.4 is 10.6 Å². The van der Waals surface area contributed by atoms with Gasteiger partial charge >= 0.3 is 0 Å². The van der Waals surface area contributed by atoms with Crippen molar-refractivity contribution in [3.63, 3.8) is 0 Å². The van der Waals surface area contributed by atoms with Gasteiger partial charge in [-0.1, -0.05) is 24.3 Å². The van der Waals surface area contributed by atoms with E-state index in [4.69, 9.17) is 0 Å². The highest BCUT2D eigenvalue weighted by Gasteiger charge is 2.12. The summed E-state index contributed by atoms with van der Waals surface area (Å²) in [4.78, 5) is 32.9. The zero-order valence-electron chi connectivity index (χ0n) is 14.3. The standard InChI is InChI=1S/C20H18N4O2/c1-14-6-2-3-8-17(14)24-19(25)15-9-11-22-18(12-15)20(26)23-13-16-7-4-5-10-21-16/h2-12H,13H2,1H3,(H,23,26)(H,24,25). The molecule has 130 valence electrons. The van der Waals surface area contributed by atoms with Crippen LogP contribution in [0.15, 0.2) is 67.0 Å². The van der Waals surface area contributed by atoms with Crippen LogP contribution >= 0.6 is 0 Å². The van der Waals surface area contributed by atoms with E-state index in [0.29, 0.717) is 12.1 Å². The van der Waals surface area contributed by atoms with Gasteiger partial charge in [0, 0.05) is 23.6 Å². The summed E-state index contributed by atoms with van der Waals surface area (Å²) in [6.07, 6.45) is 3.11. The Hall–Kier alpha value is -3.54. The monoisotopic (exact) mass is 346 g/mol. The van der Waals surface area contributed by atoms with Crippen LogP contribution in [0.2, 0.25) is 0 Å². The number of hydrogen-bond acceptors (Lipinski definition) is 4. The van der Waals surface area contributed by atoms with Gasteiger partial charge < -0.3 is 10.6 Å². The summed E-state index contributed by atoms with van der Waals surface area (Å²) < 4.78 is 0. The quantitative estimate of drug-likeness (QED) is 0.744. The summed E-state index contributed by atoms with van der Waals surface area (Å²) in [5, 5.41) is 5.59. The van der Waals surface area contributed by atoms with Crippen molar-refractivity contribution in [3.8, 4) is 0 Å². The first-order valence-electron chi connectivity index (χ1n) is 8.14. The Bertz CT molecular complexity index is 926. The number of benzene rings is 1. The van der Waals surface area contributed by atoms with Gasteiger partial charge in [0.25, 0.3) is 11.8 Å².